The van der Waals surface area contributed by atoms with E-state index in [2.05, 4.69) is 27.4 Å². The van der Waals surface area contributed by atoms with Crippen molar-refractivity contribution in [3.8, 4) is 11.4 Å². The number of rotatable bonds is 20. The molecule has 2 aromatic heterocycles. The van der Waals surface area contributed by atoms with E-state index >= 15 is 0 Å². The fraction of sp³-hybridized carbons (Fsp3) is 0.647. The number of amides is 1. The number of nitrogens with zero attached hydrogens (tertiary/aromatic N) is 3. The molecule has 0 aliphatic rings. The van der Waals surface area contributed by atoms with Gasteiger partial charge in [-0.3, -0.25) is 9.59 Å². The Bertz CT molecular complexity index is 1330. The third-order valence-corrected chi connectivity index (χ3v) is 8.37. The molecule has 1 amide bonds. The first-order chi connectivity index (χ1) is 21.1. The van der Waals surface area contributed by atoms with E-state index in [0.717, 1.165) is 18.5 Å². The number of benzene rings is 1. The van der Waals surface area contributed by atoms with Crippen molar-refractivity contribution in [1.29, 1.82) is 0 Å². The van der Waals surface area contributed by atoms with Crippen LogP contribution in [0.5, 0.6) is 0 Å². The van der Waals surface area contributed by atoms with Gasteiger partial charge in [0.05, 0.1) is 24.4 Å². The molecule has 8 nitrogen and oxygen atoms in total. The summed E-state index contributed by atoms with van der Waals surface area (Å²) in [6.07, 6.45) is 18.0. The van der Waals surface area contributed by atoms with Crippen LogP contribution in [0, 0.1) is 0 Å². The van der Waals surface area contributed by atoms with Crippen LogP contribution in [0.15, 0.2) is 18.2 Å². The van der Waals surface area contributed by atoms with Crippen LogP contribution in [0.2, 0.25) is 10.0 Å². The molecule has 2 N–H and O–H groups in total. The fourth-order valence-corrected chi connectivity index (χ4v) is 5.82. The van der Waals surface area contributed by atoms with Gasteiger partial charge in [-0.15, -0.1) is 9.73 Å². The average Bonchev–Trinajstić information content (AvgIpc) is 3.54. The van der Waals surface area contributed by atoms with E-state index in [1.165, 1.54) is 81.7 Å². The third kappa shape index (κ3) is 11.7. The highest BCUT2D eigenvalue weighted by molar-refractivity contribution is 6.34. The molecular formula is C34H51Cl2N5O3. The lowest BCUT2D eigenvalue weighted by atomic mass is 9.92. The normalized spacial score (nSPS) is 11.8. The number of hydrogen-bond acceptors (Lipinski definition) is 5. The summed E-state index contributed by atoms with van der Waals surface area (Å²) in [5.74, 6) is -0.200. The highest BCUT2D eigenvalue weighted by Gasteiger charge is 2.25. The smallest absolute Gasteiger partial charge is 0.306 e. The Balaban J connectivity index is 1.32. The van der Waals surface area contributed by atoms with Gasteiger partial charge < -0.3 is 15.0 Å². The highest BCUT2D eigenvalue weighted by Crippen LogP contribution is 2.34. The van der Waals surface area contributed by atoms with Gasteiger partial charge >= 0.3 is 5.97 Å². The molecule has 1 aromatic carbocycles. The second kappa shape index (κ2) is 18.4. The Morgan fingerprint density at radius 2 is 1.45 bits per heavy atom. The SMILES string of the molecule is CCCCCCCCCCCCCCCCOC(=O)CCC(=O)Nc1ccc(Cl)cc1-c1nn2nc(C(C)(C)C)c(Cl)c2[nH]1. The second-order valence-corrected chi connectivity index (χ2v) is 13.6. The molecule has 10 heteroatoms. The van der Waals surface area contributed by atoms with Crippen molar-refractivity contribution in [2.45, 2.75) is 136 Å². The predicted octanol–water partition coefficient (Wildman–Crippen LogP) is 10.1. The number of anilines is 1. The molecule has 44 heavy (non-hydrogen) atoms. The summed E-state index contributed by atoms with van der Waals surface area (Å²) in [5, 5.41) is 12.9. The first-order valence-electron chi connectivity index (χ1n) is 16.5. The number of hydrogen-bond donors (Lipinski definition) is 2. The quantitative estimate of drug-likeness (QED) is 0.0938. The van der Waals surface area contributed by atoms with Gasteiger partial charge in [0.25, 0.3) is 0 Å². The molecule has 0 atom stereocenters. The first-order valence-corrected chi connectivity index (χ1v) is 17.3. The molecule has 2 heterocycles. The Morgan fingerprint density at radius 3 is 2.02 bits per heavy atom. The molecule has 3 aromatic rings. The Hall–Kier alpha value is -2.58. The number of H-pyrrole nitrogens is 1. The van der Waals surface area contributed by atoms with E-state index in [1.54, 1.807) is 18.2 Å². The van der Waals surface area contributed by atoms with Crippen LogP contribution in [-0.4, -0.2) is 38.3 Å². The van der Waals surface area contributed by atoms with Crippen molar-refractivity contribution in [1.82, 2.24) is 19.8 Å². The Labute approximate surface area is 273 Å². The van der Waals surface area contributed by atoms with Gasteiger partial charge in [-0.25, -0.2) is 0 Å². The molecule has 3 rings (SSSR count). The van der Waals surface area contributed by atoms with Crippen molar-refractivity contribution >= 4 is 46.4 Å². The molecule has 0 unspecified atom stereocenters. The Kier molecular flexibility index (Phi) is 15.0. The lowest BCUT2D eigenvalue weighted by Crippen LogP contribution is -2.15. The first kappa shape index (κ1) is 35.9. The zero-order chi connectivity index (χ0) is 32.0. The van der Waals surface area contributed by atoms with E-state index in [9.17, 15) is 9.59 Å². The van der Waals surface area contributed by atoms with Gasteiger partial charge in [0.2, 0.25) is 5.91 Å². The van der Waals surface area contributed by atoms with Gasteiger partial charge in [0.1, 0.15) is 5.02 Å². The van der Waals surface area contributed by atoms with Crippen molar-refractivity contribution in [3.63, 3.8) is 0 Å². The van der Waals surface area contributed by atoms with E-state index in [1.807, 2.05) is 20.8 Å². The summed E-state index contributed by atoms with van der Waals surface area (Å²) in [6, 6.07) is 5.10. The number of halogens is 2. The largest absolute Gasteiger partial charge is 0.466 e. The van der Waals surface area contributed by atoms with E-state index in [0.29, 0.717) is 39.4 Å². The van der Waals surface area contributed by atoms with Crippen LogP contribution in [0.25, 0.3) is 17.0 Å². The van der Waals surface area contributed by atoms with Gasteiger partial charge in [0, 0.05) is 22.4 Å². The molecular weight excluding hydrogens is 597 g/mol. The van der Waals surface area contributed by atoms with E-state index in [4.69, 9.17) is 27.9 Å². The van der Waals surface area contributed by atoms with Crippen molar-refractivity contribution in [2.24, 2.45) is 0 Å². The summed E-state index contributed by atoms with van der Waals surface area (Å²) in [7, 11) is 0. The minimum Gasteiger partial charge on any atom is -0.466 e. The van der Waals surface area contributed by atoms with Crippen molar-refractivity contribution < 1.29 is 14.3 Å². The maximum Gasteiger partial charge on any atom is 0.306 e. The lowest BCUT2D eigenvalue weighted by molar-refractivity contribution is -0.144. The summed E-state index contributed by atoms with van der Waals surface area (Å²) >= 11 is 12.8. The number of unbranched alkanes of at least 4 members (excludes halogenated alkanes) is 13. The van der Waals surface area contributed by atoms with Gasteiger partial charge in [-0.1, -0.05) is 134 Å². The van der Waals surface area contributed by atoms with Crippen LogP contribution in [0.1, 0.15) is 136 Å². The highest BCUT2D eigenvalue weighted by atomic mass is 35.5. The van der Waals surface area contributed by atoms with Gasteiger partial charge in [-0.05, 0) is 24.6 Å². The zero-order valence-corrected chi connectivity index (χ0v) is 28.6. The molecule has 0 radical (unpaired) electrons. The summed E-state index contributed by atoms with van der Waals surface area (Å²) < 4.78 is 6.81. The van der Waals surface area contributed by atoms with Crippen LogP contribution >= 0.6 is 23.2 Å². The van der Waals surface area contributed by atoms with E-state index in [-0.39, 0.29) is 30.1 Å². The van der Waals surface area contributed by atoms with Crippen LogP contribution in [0.4, 0.5) is 5.69 Å². The zero-order valence-electron chi connectivity index (χ0n) is 27.1. The van der Waals surface area contributed by atoms with Crippen LogP contribution < -0.4 is 5.32 Å². The number of carbonyl (C=O) groups excluding carboxylic acids is 2. The average molecular weight is 649 g/mol. The predicted molar refractivity (Wildman–Crippen MR) is 181 cm³/mol. The number of ether oxygens (including phenoxy) is 1. The van der Waals surface area contributed by atoms with Crippen LogP contribution in [0.3, 0.4) is 0 Å². The van der Waals surface area contributed by atoms with E-state index < -0.39 is 0 Å². The van der Waals surface area contributed by atoms with Crippen LogP contribution in [-0.2, 0) is 19.7 Å². The maximum absolute atomic E-state index is 12.7. The lowest BCUT2D eigenvalue weighted by Gasteiger charge is -2.14. The molecule has 0 spiro atoms. The fourth-order valence-electron chi connectivity index (χ4n) is 5.20. The Morgan fingerprint density at radius 1 is 0.864 bits per heavy atom. The molecule has 0 saturated heterocycles. The number of aromatic amines is 1. The number of esters is 1. The molecule has 0 fully saturated rings. The van der Waals surface area contributed by atoms with Crippen molar-refractivity contribution in [3.05, 3.63) is 33.9 Å². The molecule has 0 saturated carbocycles. The number of fused-ring (bicyclic) bond motifs is 1. The topological polar surface area (TPSA) is 101 Å². The van der Waals surface area contributed by atoms with Gasteiger partial charge in [-0.2, -0.15) is 5.10 Å². The number of aromatic nitrogens is 4. The minimum atomic E-state index is -0.359. The second-order valence-electron chi connectivity index (χ2n) is 12.8. The molecule has 0 aliphatic carbocycles. The van der Waals surface area contributed by atoms with Gasteiger partial charge in [0.15, 0.2) is 11.5 Å². The number of carbonyl (C=O) groups is 2. The standard InChI is InChI=1S/C34H51Cl2N5O3/c1-5-6-7-8-9-10-11-12-13-14-15-16-17-18-23-44-29(43)22-21-28(42)37-27-20-19-25(35)24-26(27)32-38-33-30(36)31(34(2,3)4)39-41(33)40-32/h19-20,24H,5-18,21-23H2,1-4H3,(H,37,42)(H,38,40). The molecule has 244 valence electrons. The summed E-state index contributed by atoms with van der Waals surface area (Å²) in [6.45, 7) is 8.75. The number of nitrogens with one attached hydrogen (secondary N) is 2. The minimum absolute atomic E-state index is 0.0158. The maximum atomic E-state index is 12.7. The monoisotopic (exact) mass is 647 g/mol. The third-order valence-electron chi connectivity index (χ3n) is 7.78. The molecule has 0 bridgehead atoms. The summed E-state index contributed by atoms with van der Waals surface area (Å²) in [4.78, 5) is 28.1. The van der Waals surface area contributed by atoms with Crippen molar-refractivity contribution in [2.75, 3.05) is 11.9 Å². The summed E-state index contributed by atoms with van der Waals surface area (Å²) in [5.41, 5.74) is 2.16. The molecule has 0 aliphatic heterocycles.